The molecule has 3 rings (SSSR count). The molecule has 0 aliphatic carbocycles. The number of aryl methyl sites for hydroxylation is 1. The first kappa shape index (κ1) is 24.3. The number of pyridine rings is 1. The summed E-state index contributed by atoms with van der Waals surface area (Å²) >= 11 is 0. The SMILES string of the molecule is CCOCN1CC(C)(COCc2nc(C(F)(F)F)ccc2C(=O)Nc2nnnn2C)OC1=O. The number of carbonyl (C=O) groups excluding carboxylic acids is 2. The lowest BCUT2D eigenvalue weighted by molar-refractivity contribution is -0.141. The third kappa shape index (κ3) is 5.92. The van der Waals surface area contributed by atoms with Gasteiger partial charge in [-0.2, -0.15) is 13.2 Å². The Morgan fingerprint density at radius 2 is 2.09 bits per heavy atom. The number of nitrogens with zero attached hydrogens (tertiary/aromatic N) is 6. The van der Waals surface area contributed by atoms with E-state index in [1.807, 2.05) is 0 Å². The Labute approximate surface area is 186 Å². The van der Waals surface area contributed by atoms with Crippen LogP contribution in [0.1, 0.15) is 35.6 Å². The van der Waals surface area contributed by atoms with Gasteiger partial charge in [0.25, 0.3) is 5.91 Å². The van der Waals surface area contributed by atoms with Crippen LogP contribution in [0.5, 0.6) is 0 Å². The van der Waals surface area contributed by atoms with E-state index in [0.29, 0.717) is 12.7 Å². The zero-order valence-electron chi connectivity index (χ0n) is 18.0. The van der Waals surface area contributed by atoms with E-state index in [0.717, 1.165) is 6.07 Å². The molecule has 12 nitrogen and oxygen atoms in total. The monoisotopic (exact) mass is 473 g/mol. The maximum atomic E-state index is 13.2. The molecule has 0 radical (unpaired) electrons. The van der Waals surface area contributed by atoms with Gasteiger partial charge in [-0.3, -0.25) is 15.0 Å². The summed E-state index contributed by atoms with van der Waals surface area (Å²) in [7, 11) is 1.48. The Balaban J connectivity index is 1.73. The average Bonchev–Trinajstić information content (AvgIpc) is 3.27. The van der Waals surface area contributed by atoms with Crippen molar-refractivity contribution >= 4 is 17.9 Å². The molecule has 1 unspecified atom stereocenters. The first-order chi connectivity index (χ1) is 15.5. The molecule has 1 aliphatic heterocycles. The summed E-state index contributed by atoms with van der Waals surface area (Å²) in [6.45, 7) is 3.42. The lowest BCUT2D eigenvalue weighted by Crippen LogP contribution is -2.36. The molecule has 1 fully saturated rings. The number of cyclic esters (lactones) is 1. The Morgan fingerprint density at radius 3 is 2.73 bits per heavy atom. The van der Waals surface area contributed by atoms with Crippen molar-refractivity contribution in [1.82, 2.24) is 30.1 Å². The van der Waals surface area contributed by atoms with Crippen LogP contribution < -0.4 is 5.32 Å². The van der Waals surface area contributed by atoms with Crippen LogP contribution in [0.15, 0.2) is 12.1 Å². The molecule has 3 heterocycles. The molecular weight excluding hydrogens is 451 g/mol. The van der Waals surface area contributed by atoms with Crippen LogP contribution in [0.4, 0.5) is 23.9 Å². The predicted molar refractivity (Wildman–Crippen MR) is 104 cm³/mol. The first-order valence-corrected chi connectivity index (χ1v) is 9.76. The number of nitrogens with one attached hydrogen (secondary N) is 1. The molecule has 2 amide bonds. The third-order valence-electron chi connectivity index (χ3n) is 4.57. The standard InChI is InChI=1S/C18H22F3N7O5/c1-4-31-10-28-8-17(2,33-16(28)30)9-32-7-12-11(5-6-13(22-12)18(19,20)21)14(29)23-15-24-25-26-27(15)3/h5-6H,4,7-10H2,1-3H3,(H,23,24,26,29). The lowest BCUT2D eigenvalue weighted by atomic mass is 10.1. The molecule has 0 aromatic carbocycles. The van der Waals surface area contributed by atoms with Gasteiger partial charge in [-0.25, -0.2) is 14.5 Å². The van der Waals surface area contributed by atoms with Gasteiger partial charge in [-0.1, -0.05) is 5.10 Å². The maximum Gasteiger partial charge on any atom is 0.433 e. The number of amides is 2. The molecule has 1 aliphatic rings. The van der Waals surface area contributed by atoms with Gasteiger partial charge in [0.05, 0.1) is 31.0 Å². The maximum absolute atomic E-state index is 13.2. The highest BCUT2D eigenvalue weighted by Crippen LogP contribution is 2.29. The zero-order valence-corrected chi connectivity index (χ0v) is 18.0. The summed E-state index contributed by atoms with van der Waals surface area (Å²) in [6, 6.07) is 1.69. The molecule has 15 heteroatoms. The Hall–Kier alpha value is -3.33. The van der Waals surface area contributed by atoms with Gasteiger partial charge in [0.1, 0.15) is 12.4 Å². The highest BCUT2D eigenvalue weighted by Gasteiger charge is 2.42. The number of tetrazole rings is 1. The van der Waals surface area contributed by atoms with Crippen LogP contribution in [0.3, 0.4) is 0 Å². The van der Waals surface area contributed by atoms with Gasteiger partial charge in [0, 0.05) is 13.7 Å². The second-order valence-corrected chi connectivity index (χ2v) is 7.40. The molecule has 1 saturated heterocycles. The van der Waals surface area contributed by atoms with Crippen LogP contribution >= 0.6 is 0 Å². The van der Waals surface area contributed by atoms with E-state index in [9.17, 15) is 22.8 Å². The fourth-order valence-electron chi connectivity index (χ4n) is 2.99. The molecule has 33 heavy (non-hydrogen) atoms. The summed E-state index contributed by atoms with van der Waals surface area (Å²) in [5.41, 5.74) is -2.64. The number of rotatable bonds is 9. The van der Waals surface area contributed by atoms with Crippen molar-refractivity contribution in [1.29, 1.82) is 0 Å². The van der Waals surface area contributed by atoms with Gasteiger partial charge < -0.3 is 14.2 Å². The summed E-state index contributed by atoms with van der Waals surface area (Å²) in [6.07, 6.45) is -5.31. The number of aromatic nitrogens is 5. The largest absolute Gasteiger partial charge is 0.439 e. The van der Waals surface area contributed by atoms with Crippen molar-refractivity contribution in [3.63, 3.8) is 0 Å². The normalized spacial score (nSPS) is 18.5. The van der Waals surface area contributed by atoms with Crippen molar-refractivity contribution in [2.24, 2.45) is 7.05 Å². The predicted octanol–water partition coefficient (Wildman–Crippen LogP) is 1.60. The molecule has 0 saturated carbocycles. The minimum absolute atomic E-state index is 0.00784. The highest BCUT2D eigenvalue weighted by atomic mass is 19.4. The fourth-order valence-corrected chi connectivity index (χ4v) is 2.99. The van der Waals surface area contributed by atoms with Gasteiger partial charge in [-0.15, -0.1) is 0 Å². The second-order valence-electron chi connectivity index (χ2n) is 7.40. The van der Waals surface area contributed by atoms with E-state index in [1.165, 1.54) is 16.6 Å². The van der Waals surface area contributed by atoms with Crippen molar-refractivity contribution in [2.45, 2.75) is 32.2 Å². The van der Waals surface area contributed by atoms with Gasteiger partial charge in [-0.05, 0) is 36.4 Å². The number of carbonyl (C=O) groups is 2. The molecule has 2 aromatic rings. The van der Waals surface area contributed by atoms with Crippen molar-refractivity contribution < 1.29 is 37.0 Å². The number of hydrogen-bond acceptors (Lipinski definition) is 9. The topological polar surface area (TPSA) is 134 Å². The van der Waals surface area contributed by atoms with Gasteiger partial charge in [0.2, 0.25) is 5.95 Å². The quantitative estimate of drug-likeness (QED) is 0.576. The second kappa shape index (κ2) is 9.66. The van der Waals surface area contributed by atoms with Crippen molar-refractivity contribution in [3.8, 4) is 0 Å². The van der Waals surface area contributed by atoms with Crippen LogP contribution in [-0.2, 0) is 34.0 Å². The van der Waals surface area contributed by atoms with Crippen LogP contribution in [0.2, 0.25) is 0 Å². The Morgan fingerprint density at radius 1 is 1.33 bits per heavy atom. The molecule has 1 atom stereocenters. The molecule has 180 valence electrons. The molecule has 0 bridgehead atoms. The summed E-state index contributed by atoms with van der Waals surface area (Å²) in [5, 5.41) is 12.9. The van der Waals surface area contributed by atoms with E-state index in [-0.39, 0.29) is 37.1 Å². The number of halogens is 3. The molecule has 0 spiro atoms. The summed E-state index contributed by atoms with van der Waals surface area (Å²) in [4.78, 5) is 29.5. The zero-order chi connectivity index (χ0) is 24.2. The fraction of sp³-hybridized carbons (Fsp3) is 0.556. The summed E-state index contributed by atoms with van der Waals surface area (Å²) in [5.74, 6) is -0.777. The van der Waals surface area contributed by atoms with E-state index >= 15 is 0 Å². The van der Waals surface area contributed by atoms with Crippen molar-refractivity contribution in [3.05, 3.63) is 29.1 Å². The molecule has 2 aromatic heterocycles. The van der Waals surface area contributed by atoms with Crippen LogP contribution in [-0.4, -0.2) is 74.2 Å². The van der Waals surface area contributed by atoms with Gasteiger partial charge in [0.15, 0.2) is 5.60 Å². The lowest BCUT2D eigenvalue weighted by Gasteiger charge is -2.22. The minimum atomic E-state index is -4.72. The third-order valence-corrected chi connectivity index (χ3v) is 4.57. The first-order valence-electron chi connectivity index (χ1n) is 9.76. The number of hydrogen-bond donors (Lipinski definition) is 1. The average molecular weight is 473 g/mol. The number of alkyl halides is 3. The van der Waals surface area contributed by atoms with E-state index in [2.05, 4.69) is 25.8 Å². The number of anilines is 1. The number of ether oxygens (including phenoxy) is 3. The van der Waals surface area contributed by atoms with E-state index in [4.69, 9.17) is 14.2 Å². The smallest absolute Gasteiger partial charge is 0.433 e. The van der Waals surface area contributed by atoms with E-state index in [1.54, 1.807) is 13.8 Å². The summed E-state index contributed by atoms with van der Waals surface area (Å²) < 4.78 is 56.7. The van der Waals surface area contributed by atoms with Crippen LogP contribution in [0, 0.1) is 0 Å². The van der Waals surface area contributed by atoms with E-state index < -0.39 is 36.1 Å². The molecule has 1 N–H and O–H groups in total. The molecular formula is C18H22F3N7O5. The highest BCUT2D eigenvalue weighted by molar-refractivity contribution is 6.04. The van der Waals surface area contributed by atoms with Gasteiger partial charge >= 0.3 is 12.3 Å². The van der Waals surface area contributed by atoms with Crippen molar-refractivity contribution in [2.75, 3.05) is 31.8 Å². The Bertz CT molecular complexity index is 1020. The minimum Gasteiger partial charge on any atom is -0.439 e. The van der Waals surface area contributed by atoms with Crippen LogP contribution in [0.25, 0.3) is 0 Å². The Kier molecular flexibility index (Phi) is 7.12.